The summed E-state index contributed by atoms with van der Waals surface area (Å²) < 4.78 is 26.9. The quantitative estimate of drug-likeness (QED) is 0.825. The molecule has 2 rings (SSSR count). The first-order chi connectivity index (χ1) is 8.03. The van der Waals surface area contributed by atoms with E-state index in [9.17, 15) is 8.42 Å². The van der Waals surface area contributed by atoms with E-state index in [0.29, 0.717) is 4.88 Å². The van der Waals surface area contributed by atoms with Gasteiger partial charge in [-0.25, -0.2) is 13.1 Å². The Hall–Kier alpha value is -0.470. The molecule has 1 fully saturated rings. The van der Waals surface area contributed by atoms with Crippen LogP contribution in [0.2, 0.25) is 0 Å². The van der Waals surface area contributed by atoms with Crippen LogP contribution in [0.25, 0.3) is 0 Å². The Labute approximate surface area is 105 Å². The minimum absolute atomic E-state index is 0.0311. The van der Waals surface area contributed by atoms with Crippen molar-refractivity contribution in [1.29, 1.82) is 0 Å². The normalized spacial score (nSPS) is 22.1. The van der Waals surface area contributed by atoms with Gasteiger partial charge in [0.05, 0.1) is 11.5 Å². The Balaban J connectivity index is 2.14. The lowest BCUT2D eigenvalue weighted by Crippen LogP contribution is -2.36. The zero-order chi connectivity index (χ0) is 12.5. The molecule has 96 valence electrons. The molecule has 2 N–H and O–H groups in total. The van der Waals surface area contributed by atoms with Crippen LogP contribution in [0.1, 0.15) is 11.3 Å². The third-order valence-electron chi connectivity index (χ3n) is 2.85. The van der Waals surface area contributed by atoms with E-state index in [1.807, 2.05) is 7.05 Å². The van der Waals surface area contributed by atoms with Gasteiger partial charge in [0.25, 0.3) is 0 Å². The zero-order valence-corrected chi connectivity index (χ0v) is 11.2. The summed E-state index contributed by atoms with van der Waals surface area (Å²) in [5.74, 6) is 0. The lowest BCUT2D eigenvalue weighted by molar-refractivity contribution is 0.282. The SMILES string of the molecule is CN1CCC(NS(=O)(=O)c2ccsc2CO)C1. The lowest BCUT2D eigenvalue weighted by atomic mass is 10.3. The van der Waals surface area contributed by atoms with Crippen LogP contribution >= 0.6 is 11.3 Å². The Kier molecular flexibility index (Phi) is 3.84. The maximum absolute atomic E-state index is 12.1. The summed E-state index contributed by atoms with van der Waals surface area (Å²) in [6.45, 7) is 1.40. The molecular weight excluding hydrogens is 260 g/mol. The third kappa shape index (κ3) is 2.86. The van der Waals surface area contributed by atoms with Crippen LogP contribution < -0.4 is 4.72 Å². The molecule has 0 aliphatic carbocycles. The van der Waals surface area contributed by atoms with Gasteiger partial charge in [-0.05, 0) is 31.5 Å². The second kappa shape index (κ2) is 5.03. The topological polar surface area (TPSA) is 69.6 Å². The zero-order valence-electron chi connectivity index (χ0n) is 9.59. The van der Waals surface area contributed by atoms with E-state index in [2.05, 4.69) is 9.62 Å². The molecule has 1 aromatic heterocycles. The van der Waals surface area contributed by atoms with Gasteiger partial charge in [0.1, 0.15) is 0 Å². The van der Waals surface area contributed by atoms with Crippen molar-refractivity contribution in [3.8, 4) is 0 Å². The number of thiophene rings is 1. The number of likely N-dealkylation sites (N-methyl/N-ethyl adjacent to an activating group) is 1. The summed E-state index contributed by atoms with van der Waals surface area (Å²) in [6, 6.07) is 1.51. The summed E-state index contributed by atoms with van der Waals surface area (Å²) in [5.41, 5.74) is 0. The van der Waals surface area contributed by atoms with Gasteiger partial charge in [0, 0.05) is 17.5 Å². The first-order valence-electron chi connectivity index (χ1n) is 5.41. The molecular formula is C10H16N2O3S2. The van der Waals surface area contributed by atoms with E-state index in [1.54, 1.807) is 5.38 Å². The number of hydrogen-bond donors (Lipinski definition) is 2. The van der Waals surface area contributed by atoms with Crippen LogP contribution in [0.3, 0.4) is 0 Å². The maximum Gasteiger partial charge on any atom is 0.242 e. The number of likely N-dealkylation sites (tertiary alicyclic amines) is 1. The van der Waals surface area contributed by atoms with Crippen molar-refractivity contribution in [1.82, 2.24) is 9.62 Å². The smallest absolute Gasteiger partial charge is 0.242 e. The van der Waals surface area contributed by atoms with Gasteiger partial charge < -0.3 is 10.0 Å². The Morgan fingerprint density at radius 2 is 2.41 bits per heavy atom. The summed E-state index contributed by atoms with van der Waals surface area (Å²) in [5, 5.41) is 10.8. The highest BCUT2D eigenvalue weighted by Gasteiger charge is 2.27. The molecule has 2 heterocycles. The van der Waals surface area contributed by atoms with Gasteiger partial charge in [0.2, 0.25) is 10.0 Å². The van der Waals surface area contributed by atoms with Crippen molar-refractivity contribution >= 4 is 21.4 Å². The number of aliphatic hydroxyl groups is 1. The molecule has 1 atom stereocenters. The first-order valence-corrected chi connectivity index (χ1v) is 7.77. The molecule has 0 radical (unpaired) electrons. The van der Waals surface area contributed by atoms with E-state index in [0.717, 1.165) is 19.5 Å². The lowest BCUT2D eigenvalue weighted by Gasteiger charge is -2.13. The van der Waals surface area contributed by atoms with Gasteiger partial charge >= 0.3 is 0 Å². The third-order valence-corrected chi connectivity index (χ3v) is 5.49. The Morgan fingerprint density at radius 1 is 1.65 bits per heavy atom. The summed E-state index contributed by atoms with van der Waals surface area (Å²) >= 11 is 1.26. The van der Waals surface area contributed by atoms with E-state index in [1.165, 1.54) is 17.4 Å². The standard InChI is InChI=1S/C10H16N2O3S2/c1-12-4-2-8(6-12)11-17(14,15)10-3-5-16-9(10)7-13/h3,5,8,11,13H,2,4,6-7H2,1H3. The largest absolute Gasteiger partial charge is 0.391 e. The number of nitrogens with zero attached hydrogens (tertiary/aromatic N) is 1. The van der Waals surface area contributed by atoms with Crippen molar-refractivity contribution in [3.63, 3.8) is 0 Å². The summed E-state index contributed by atoms with van der Waals surface area (Å²) in [6.07, 6.45) is 0.828. The molecule has 17 heavy (non-hydrogen) atoms. The molecule has 7 heteroatoms. The van der Waals surface area contributed by atoms with Gasteiger partial charge in [-0.2, -0.15) is 0 Å². The minimum Gasteiger partial charge on any atom is -0.391 e. The van der Waals surface area contributed by atoms with E-state index in [-0.39, 0.29) is 17.5 Å². The summed E-state index contributed by atoms with van der Waals surface area (Å²) in [7, 11) is -1.52. The Morgan fingerprint density at radius 3 is 3.00 bits per heavy atom. The number of rotatable bonds is 4. The average molecular weight is 276 g/mol. The molecule has 1 aliphatic rings. The van der Waals surface area contributed by atoms with Crippen molar-refractivity contribution < 1.29 is 13.5 Å². The van der Waals surface area contributed by atoms with E-state index in [4.69, 9.17) is 5.11 Å². The number of aliphatic hydroxyl groups excluding tert-OH is 1. The molecule has 0 amide bonds. The number of nitrogens with one attached hydrogen (secondary N) is 1. The van der Waals surface area contributed by atoms with Crippen molar-refractivity contribution in [2.45, 2.75) is 24.0 Å². The highest BCUT2D eigenvalue weighted by molar-refractivity contribution is 7.89. The molecule has 0 spiro atoms. The van der Waals surface area contributed by atoms with Gasteiger partial charge in [-0.3, -0.25) is 0 Å². The fraction of sp³-hybridized carbons (Fsp3) is 0.600. The number of hydrogen-bond acceptors (Lipinski definition) is 5. The molecule has 1 aliphatic heterocycles. The molecule has 0 saturated carbocycles. The molecule has 0 bridgehead atoms. The van der Waals surface area contributed by atoms with Gasteiger partial charge in [-0.1, -0.05) is 0 Å². The second-order valence-corrected chi connectivity index (χ2v) is 6.92. The molecule has 1 saturated heterocycles. The molecule has 1 aromatic rings. The van der Waals surface area contributed by atoms with Crippen LogP contribution in [0.15, 0.2) is 16.3 Å². The fourth-order valence-corrected chi connectivity index (χ4v) is 4.55. The van der Waals surface area contributed by atoms with Crippen LogP contribution in [0, 0.1) is 0 Å². The maximum atomic E-state index is 12.1. The highest BCUT2D eigenvalue weighted by Crippen LogP contribution is 2.22. The van der Waals surface area contributed by atoms with Gasteiger partial charge in [0.15, 0.2) is 0 Å². The minimum atomic E-state index is -3.49. The van der Waals surface area contributed by atoms with Crippen LogP contribution in [-0.4, -0.2) is 44.6 Å². The van der Waals surface area contributed by atoms with Crippen molar-refractivity contribution in [2.75, 3.05) is 20.1 Å². The molecule has 1 unspecified atom stereocenters. The van der Waals surface area contributed by atoms with Crippen LogP contribution in [0.4, 0.5) is 0 Å². The van der Waals surface area contributed by atoms with Crippen molar-refractivity contribution in [2.24, 2.45) is 0 Å². The van der Waals surface area contributed by atoms with E-state index < -0.39 is 10.0 Å². The predicted octanol–water partition coefficient (Wildman–Crippen LogP) is 0.223. The number of sulfonamides is 1. The van der Waals surface area contributed by atoms with Gasteiger partial charge in [-0.15, -0.1) is 11.3 Å². The van der Waals surface area contributed by atoms with Crippen LogP contribution in [-0.2, 0) is 16.6 Å². The monoisotopic (exact) mass is 276 g/mol. The fourth-order valence-electron chi connectivity index (χ4n) is 2.00. The van der Waals surface area contributed by atoms with Crippen molar-refractivity contribution in [3.05, 3.63) is 16.3 Å². The predicted molar refractivity (Wildman–Crippen MR) is 66.5 cm³/mol. The van der Waals surface area contributed by atoms with Crippen LogP contribution in [0.5, 0.6) is 0 Å². The average Bonchev–Trinajstić information content (AvgIpc) is 2.86. The highest BCUT2D eigenvalue weighted by atomic mass is 32.2. The molecule has 5 nitrogen and oxygen atoms in total. The second-order valence-electron chi connectivity index (χ2n) is 4.24. The molecule has 0 aromatic carbocycles. The van der Waals surface area contributed by atoms with E-state index >= 15 is 0 Å². The first kappa shape index (κ1) is 13.0. The Bertz CT molecular complexity index is 483. The summed E-state index contributed by atoms with van der Waals surface area (Å²) in [4.78, 5) is 2.79.